The molecule has 0 aliphatic carbocycles. The van der Waals surface area contributed by atoms with Crippen LogP contribution in [0.25, 0.3) is 0 Å². The molecular weight excluding hydrogens is 311 g/mol. The summed E-state index contributed by atoms with van der Waals surface area (Å²) in [5.41, 5.74) is 2.29. The van der Waals surface area contributed by atoms with Crippen LogP contribution in [0.4, 0.5) is 10.1 Å². The highest BCUT2D eigenvalue weighted by Gasteiger charge is 2.18. The molecule has 0 fully saturated rings. The number of nitrogens with one attached hydrogen (secondary N) is 2. The lowest BCUT2D eigenvalue weighted by atomic mass is 10.2. The Morgan fingerprint density at radius 1 is 1.09 bits per heavy atom. The Bertz CT molecular complexity index is 776. The highest BCUT2D eigenvalue weighted by molar-refractivity contribution is 7.92. The summed E-state index contributed by atoms with van der Waals surface area (Å²) in [4.78, 5) is 16.2. The van der Waals surface area contributed by atoms with Gasteiger partial charge in [0.15, 0.2) is 0 Å². The average molecular weight is 324 g/mol. The zero-order chi connectivity index (χ0) is 16.2. The van der Waals surface area contributed by atoms with E-state index in [1.165, 1.54) is 19.2 Å². The molecule has 2 aromatic rings. The molecule has 2 rings (SSSR count). The maximum absolute atomic E-state index is 12.9. The molecular formula is C14H13FN2O4S. The van der Waals surface area contributed by atoms with Crippen molar-refractivity contribution in [3.8, 4) is 0 Å². The van der Waals surface area contributed by atoms with Gasteiger partial charge >= 0.3 is 0 Å². The number of carbonyl (C=O) groups is 1. The fraction of sp³-hybridized carbons (Fsp3) is 0.0714. The van der Waals surface area contributed by atoms with E-state index in [9.17, 15) is 17.6 Å². The maximum Gasteiger partial charge on any atom is 0.276 e. The first-order valence-electron chi connectivity index (χ1n) is 6.15. The summed E-state index contributed by atoms with van der Waals surface area (Å²) in [5.74, 6) is -1.14. The summed E-state index contributed by atoms with van der Waals surface area (Å²) in [6, 6.07) is 10.4. The van der Waals surface area contributed by atoms with Crippen molar-refractivity contribution < 1.29 is 22.4 Å². The van der Waals surface area contributed by atoms with Crippen LogP contribution in [0.5, 0.6) is 0 Å². The van der Waals surface area contributed by atoms with Crippen LogP contribution < -0.4 is 10.2 Å². The first kappa shape index (κ1) is 15.9. The molecule has 0 heterocycles. The molecule has 0 radical (unpaired) electrons. The van der Waals surface area contributed by atoms with Gasteiger partial charge in [-0.25, -0.2) is 18.3 Å². The van der Waals surface area contributed by atoms with Crippen LogP contribution in [0.1, 0.15) is 10.4 Å². The van der Waals surface area contributed by atoms with Crippen molar-refractivity contribution in [3.63, 3.8) is 0 Å². The Balaban J connectivity index is 2.34. The number of anilines is 1. The molecule has 0 spiro atoms. The molecule has 2 N–H and O–H groups in total. The summed E-state index contributed by atoms with van der Waals surface area (Å²) in [6.07, 6.45) is 0. The molecule has 0 unspecified atom stereocenters. The topological polar surface area (TPSA) is 84.5 Å². The fourth-order valence-corrected chi connectivity index (χ4v) is 2.81. The number of amides is 1. The first-order chi connectivity index (χ1) is 10.4. The highest BCUT2D eigenvalue weighted by atomic mass is 32.2. The van der Waals surface area contributed by atoms with Crippen LogP contribution in [-0.4, -0.2) is 21.4 Å². The summed E-state index contributed by atoms with van der Waals surface area (Å²) in [6.45, 7) is 0. The van der Waals surface area contributed by atoms with Gasteiger partial charge in [0.25, 0.3) is 15.9 Å². The van der Waals surface area contributed by atoms with Crippen molar-refractivity contribution in [2.75, 3.05) is 11.8 Å². The largest absolute Gasteiger partial charge is 0.279 e. The Morgan fingerprint density at radius 3 is 2.36 bits per heavy atom. The van der Waals surface area contributed by atoms with E-state index in [0.29, 0.717) is 0 Å². The summed E-state index contributed by atoms with van der Waals surface area (Å²) >= 11 is 0. The Morgan fingerprint density at radius 2 is 1.73 bits per heavy atom. The number of hydrogen-bond acceptors (Lipinski definition) is 4. The van der Waals surface area contributed by atoms with Crippen LogP contribution in [0.2, 0.25) is 0 Å². The van der Waals surface area contributed by atoms with Crippen LogP contribution in [-0.2, 0) is 14.9 Å². The van der Waals surface area contributed by atoms with E-state index >= 15 is 0 Å². The van der Waals surface area contributed by atoms with Gasteiger partial charge in [0.05, 0.1) is 23.3 Å². The zero-order valence-electron chi connectivity index (χ0n) is 11.5. The van der Waals surface area contributed by atoms with Gasteiger partial charge in [0.1, 0.15) is 5.82 Å². The zero-order valence-corrected chi connectivity index (χ0v) is 12.4. The van der Waals surface area contributed by atoms with Gasteiger partial charge in [-0.05, 0) is 36.4 Å². The number of hydroxylamine groups is 1. The van der Waals surface area contributed by atoms with Gasteiger partial charge in [-0.1, -0.05) is 12.1 Å². The lowest BCUT2D eigenvalue weighted by molar-refractivity contribution is 0.0538. The quantitative estimate of drug-likeness (QED) is 0.823. The summed E-state index contributed by atoms with van der Waals surface area (Å²) < 4.78 is 39.7. The molecule has 22 heavy (non-hydrogen) atoms. The third-order valence-electron chi connectivity index (χ3n) is 2.73. The van der Waals surface area contributed by atoms with E-state index < -0.39 is 21.7 Å². The van der Waals surface area contributed by atoms with E-state index in [0.717, 1.165) is 24.3 Å². The molecule has 2 aromatic carbocycles. The molecule has 6 nitrogen and oxygen atoms in total. The lowest BCUT2D eigenvalue weighted by Gasteiger charge is -2.12. The number of halogens is 1. The molecule has 116 valence electrons. The molecule has 0 bridgehead atoms. The minimum Gasteiger partial charge on any atom is -0.279 e. The number of benzene rings is 2. The fourth-order valence-electron chi connectivity index (χ4n) is 1.74. The molecule has 0 aromatic heterocycles. The third-order valence-corrected chi connectivity index (χ3v) is 4.12. The van der Waals surface area contributed by atoms with E-state index in [1.807, 2.05) is 0 Å². The van der Waals surface area contributed by atoms with Gasteiger partial charge < -0.3 is 0 Å². The Labute approximate surface area is 126 Å². The molecule has 8 heteroatoms. The van der Waals surface area contributed by atoms with E-state index in [1.54, 1.807) is 12.1 Å². The predicted octanol–water partition coefficient (Wildman–Crippen LogP) is 1.92. The van der Waals surface area contributed by atoms with Gasteiger partial charge in [0.2, 0.25) is 0 Å². The number of sulfonamides is 1. The van der Waals surface area contributed by atoms with Crippen LogP contribution in [0.15, 0.2) is 53.4 Å². The standard InChI is InChI=1S/C14H13FN2O4S/c1-21-16-14(18)12-4-2-3-5-13(12)17-22(19,20)11-8-6-10(15)7-9-11/h2-9,17H,1H3,(H,16,18). The molecule has 0 aliphatic heterocycles. The smallest absolute Gasteiger partial charge is 0.276 e. The second-order valence-electron chi connectivity index (χ2n) is 4.24. The first-order valence-corrected chi connectivity index (χ1v) is 7.63. The van der Waals surface area contributed by atoms with E-state index in [2.05, 4.69) is 15.0 Å². The molecule has 0 atom stereocenters. The SMILES string of the molecule is CONC(=O)c1ccccc1NS(=O)(=O)c1ccc(F)cc1. The normalized spacial score (nSPS) is 11.0. The molecule has 0 saturated heterocycles. The molecule has 1 amide bonds. The predicted molar refractivity (Wildman–Crippen MR) is 78.1 cm³/mol. The monoisotopic (exact) mass is 324 g/mol. The summed E-state index contributed by atoms with van der Waals surface area (Å²) in [5, 5.41) is 0. The highest BCUT2D eigenvalue weighted by Crippen LogP contribution is 2.20. The third kappa shape index (κ3) is 3.60. The van der Waals surface area contributed by atoms with Gasteiger partial charge in [-0.15, -0.1) is 0 Å². The number of hydrogen-bond donors (Lipinski definition) is 2. The van der Waals surface area contributed by atoms with Gasteiger partial charge in [-0.3, -0.25) is 14.4 Å². The van der Waals surface area contributed by atoms with Crippen LogP contribution in [0.3, 0.4) is 0 Å². The Hall–Kier alpha value is -2.45. The molecule has 0 aliphatic rings. The average Bonchev–Trinajstić information content (AvgIpc) is 2.48. The van der Waals surface area contributed by atoms with Crippen molar-refractivity contribution in [2.45, 2.75) is 4.90 Å². The van der Waals surface area contributed by atoms with E-state index in [4.69, 9.17) is 0 Å². The van der Waals surface area contributed by atoms with Gasteiger partial charge in [-0.2, -0.15) is 0 Å². The van der Waals surface area contributed by atoms with Crippen molar-refractivity contribution in [1.82, 2.24) is 5.48 Å². The number of carbonyl (C=O) groups excluding carboxylic acids is 1. The molecule has 0 saturated carbocycles. The second kappa shape index (κ2) is 6.54. The number of rotatable bonds is 5. The number of para-hydroxylation sites is 1. The van der Waals surface area contributed by atoms with Crippen LogP contribution >= 0.6 is 0 Å². The van der Waals surface area contributed by atoms with Crippen molar-refractivity contribution in [3.05, 3.63) is 59.9 Å². The minimum absolute atomic E-state index is 0.0846. The minimum atomic E-state index is -3.94. The van der Waals surface area contributed by atoms with Gasteiger partial charge in [0, 0.05) is 0 Å². The second-order valence-corrected chi connectivity index (χ2v) is 5.92. The maximum atomic E-state index is 12.9. The van der Waals surface area contributed by atoms with Crippen molar-refractivity contribution >= 4 is 21.6 Å². The van der Waals surface area contributed by atoms with Crippen LogP contribution in [0, 0.1) is 5.82 Å². The van der Waals surface area contributed by atoms with Crippen molar-refractivity contribution in [2.24, 2.45) is 0 Å². The lowest BCUT2D eigenvalue weighted by Crippen LogP contribution is -2.24. The summed E-state index contributed by atoms with van der Waals surface area (Å²) in [7, 11) is -2.67. The van der Waals surface area contributed by atoms with Crippen molar-refractivity contribution in [1.29, 1.82) is 0 Å². The Kier molecular flexibility index (Phi) is 4.74. The van der Waals surface area contributed by atoms with E-state index in [-0.39, 0.29) is 16.1 Å².